The lowest BCUT2D eigenvalue weighted by atomic mass is 9.81. The van der Waals surface area contributed by atoms with Gasteiger partial charge in [-0.3, -0.25) is 19.2 Å². The Kier molecular flexibility index (Phi) is 8.91. The molecule has 0 spiro atoms. The highest BCUT2D eigenvalue weighted by atomic mass is 32.2. The van der Waals surface area contributed by atoms with Crippen molar-refractivity contribution >= 4 is 44.6 Å². The Morgan fingerprint density at radius 3 is 2.52 bits per heavy atom. The van der Waals surface area contributed by atoms with Crippen LogP contribution in [0.2, 0.25) is 0 Å². The van der Waals surface area contributed by atoms with E-state index in [0.717, 1.165) is 83.5 Å². The standard InChI is InChI=1S/C40H47N7O6S/c1-4-44-23-35-34(44)24-47(35)40(49)32-21-41-43(2)37(32)28-18-27-19-29(52-3)11-13-30(27)38-36(25-8-6-5-7-9-25)31-12-10-26(20-33(31)46(38)22-28)39(48)42-54(50,51)45-14-16-53-17-15-45/h10-13,18-21,25,34-35H,4-9,14-17,22-24H2,1-3H3,(H,42,48)/t34-,35?/m1/s1. The quantitative estimate of drug-likeness (QED) is 0.279. The average molecular weight is 754 g/mol. The number of nitrogens with one attached hydrogen (secondary N) is 1. The van der Waals surface area contributed by atoms with Crippen molar-refractivity contribution in [3.8, 4) is 17.0 Å². The summed E-state index contributed by atoms with van der Waals surface area (Å²) in [5, 5.41) is 5.68. The molecule has 14 heteroatoms. The molecule has 0 bridgehead atoms. The van der Waals surface area contributed by atoms with E-state index >= 15 is 0 Å². The number of nitrogens with zero attached hydrogens (tertiary/aromatic N) is 6. The molecule has 1 saturated carbocycles. The van der Waals surface area contributed by atoms with Gasteiger partial charge in [-0.2, -0.15) is 17.8 Å². The number of morpholine rings is 1. The molecule has 4 aliphatic heterocycles. The highest BCUT2D eigenvalue weighted by Crippen LogP contribution is 2.48. The molecule has 2 aromatic carbocycles. The van der Waals surface area contributed by atoms with Gasteiger partial charge < -0.3 is 18.9 Å². The number of piperazine rings is 1. The molecule has 6 heterocycles. The Morgan fingerprint density at radius 2 is 1.80 bits per heavy atom. The van der Waals surface area contributed by atoms with Crippen molar-refractivity contribution in [2.45, 2.75) is 63.6 Å². The number of carbonyl (C=O) groups is 2. The zero-order chi connectivity index (χ0) is 37.3. The lowest BCUT2D eigenvalue weighted by Crippen LogP contribution is -2.79. The lowest BCUT2D eigenvalue weighted by molar-refractivity contribution is -0.0995. The molecule has 2 amide bonds. The molecular formula is C40H47N7O6S. The summed E-state index contributed by atoms with van der Waals surface area (Å²) in [7, 11) is -0.512. The van der Waals surface area contributed by atoms with E-state index in [1.165, 1.54) is 16.3 Å². The van der Waals surface area contributed by atoms with Gasteiger partial charge in [0, 0.05) is 61.3 Å². The minimum atomic E-state index is -4.06. The second-order valence-corrected chi connectivity index (χ2v) is 16.9. The number of fused-ring (bicyclic) bond motifs is 6. The number of aromatic nitrogens is 3. The molecule has 3 saturated heterocycles. The van der Waals surface area contributed by atoms with Crippen molar-refractivity contribution in [2.24, 2.45) is 7.05 Å². The number of likely N-dealkylation sites (N-methyl/N-ethyl adjacent to an activating group) is 1. The van der Waals surface area contributed by atoms with Gasteiger partial charge in [0.25, 0.3) is 11.8 Å². The predicted octanol–water partition coefficient (Wildman–Crippen LogP) is 4.49. The van der Waals surface area contributed by atoms with E-state index in [9.17, 15) is 18.0 Å². The monoisotopic (exact) mass is 753 g/mol. The molecule has 1 aliphatic carbocycles. The summed E-state index contributed by atoms with van der Waals surface area (Å²) in [6.45, 7) is 6.10. The van der Waals surface area contributed by atoms with Crippen molar-refractivity contribution in [1.82, 2.24) is 33.2 Å². The maximum absolute atomic E-state index is 14.2. The van der Waals surface area contributed by atoms with E-state index in [4.69, 9.17) is 9.47 Å². The molecule has 13 nitrogen and oxygen atoms in total. The highest BCUT2D eigenvalue weighted by Gasteiger charge is 2.53. The molecule has 4 fully saturated rings. The first-order valence-corrected chi connectivity index (χ1v) is 20.6. The van der Waals surface area contributed by atoms with Gasteiger partial charge in [0.05, 0.1) is 56.1 Å². The fourth-order valence-corrected chi connectivity index (χ4v) is 10.5. The highest BCUT2D eigenvalue weighted by molar-refractivity contribution is 7.87. The summed E-state index contributed by atoms with van der Waals surface area (Å²) in [6, 6.07) is 12.4. The van der Waals surface area contributed by atoms with Gasteiger partial charge in [0.15, 0.2) is 0 Å². The van der Waals surface area contributed by atoms with Crippen molar-refractivity contribution < 1.29 is 27.5 Å². The fraction of sp³-hybridized carbons (Fsp3) is 0.475. The first-order valence-electron chi connectivity index (χ1n) is 19.2. The SMILES string of the molecule is CCN1CC2[C@H]1CN2C(=O)c1cnn(C)c1C1=Cc2cc(OC)ccc2-c2c(C3CCCCC3)c3ccc(C(=O)NS(=O)(=O)N4CCOCC4)cc3n2C1. The molecule has 0 radical (unpaired) electrons. The van der Waals surface area contributed by atoms with E-state index < -0.39 is 16.1 Å². The normalized spacial score (nSPS) is 22.0. The van der Waals surface area contributed by atoms with Crippen molar-refractivity contribution in [1.29, 1.82) is 0 Å². The summed E-state index contributed by atoms with van der Waals surface area (Å²) >= 11 is 0. The first kappa shape index (κ1) is 35.2. The lowest BCUT2D eigenvalue weighted by Gasteiger charge is -2.61. The number of rotatable bonds is 8. The van der Waals surface area contributed by atoms with Crippen LogP contribution in [0.1, 0.15) is 82.5 Å². The van der Waals surface area contributed by atoms with E-state index in [2.05, 4.69) is 38.4 Å². The summed E-state index contributed by atoms with van der Waals surface area (Å²) in [5.74, 6) is 0.352. The Hall–Kier alpha value is -4.50. The number of hydrogen-bond acceptors (Lipinski definition) is 8. The van der Waals surface area contributed by atoms with Crippen LogP contribution in [0.3, 0.4) is 0 Å². The van der Waals surface area contributed by atoms with E-state index in [1.807, 2.05) is 36.2 Å². The molecule has 2 atom stereocenters. The number of amides is 2. The van der Waals surface area contributed by atoms with Crippen LogP contribution in [0, 0.1) is 0 Å². The summed E-state index contributed by atoms with van der Waals surface area (Å²) < 4.78 is 45.1. The van der Waals surface area contributed by atoms with Crippen LogP contribution >= 0.6 is 0 Å². The third kappa shape index (κ3) is 5.76. The molecular weight excluding hydrogens is 707 g/mol. The molecule has 4 aromatic rings. The Bertz CT molecular complexity index is 2300. The number of likely N-dealkylation sites (tertiary alicyclic amines) is 2. The van der Waals surface area contributed by atoms with Gasteiger partial charge >= 0.3 is 10.2 Å². The number of hydrogen-bond donors (Lipinski definition) is 1. The zero-order valence-electron chi connectivity index (χ0n) is 31.1. The maximum atomic E-state index is 14.2. The Balaban J connectivity index is 1.18. The van der Waals surface area contributed by atoms with Gasteiger partial charge in [-0.15, -0.1) is 0 Å². The zero-order valence-corrected chi connectivity index (χ0v) is 31.9. The molecule has 284 valence electrons. The topological polar surface area (TPSA) is 131 Å². The predicted molar refractivity (Wildman–Crippen MR) is 205 cm³/mol. The average Bonchev–Trinajstić information content (AvgIpc) is 3.67. The summed E-state index contributed by atoms with van der Waals surface area (Å²) in [4.78, 5) is 32.4. The minimum Gasteiger partial charge on any atom is -0.497 e. The van der Waals surface area contributed by atoms with Gasteiger partial charge in [-0.05, 0) is 78.4 Å². The Morgan fingerprint density at radius 1 is 1.00 bits per heavy atom. The van der Waals surface area contributed by atoms with Crippen LogP contribution in [0.4, 0.5) is 0 Å². The largest absolute Gasteiger partial charge is 0.497 e. The third-order valence-electron chi connectivity index (χ3n) is 12.3. The molecule has 2 aromatic heterocycles. The number of methoxy groups -OCH3 is 1. The molecule has 54 heavy (non-hydrogen) atoms. The summed E-state index contributed by atoms with van der Waals surface area (Å²) in [5.41, 5.74) is 7.66. The van der Waals surface area contributed by atoms with Crippen LogP contribution in [0.15, 0.2) is 42.6 Å². The Labute approximate surface area is 315 Å². The minimum absolute atomic E-state index is 0.00738. The summed E-state index contributed by atoms with van der Waals surface area (Å²) in [6.07, 6.45) is 9.46. The molecule has 1 N–H and O–H groups in total. The van der Waals surface area contributed by atoms with Crippen molar-refractivity contribution in [3.63, 3.8) is 0 Å². The third-order valence-corrected chi connectivity index (χ3v) is 13.8. The van der Waals surface area contributed by atoms with Crippen molar-refractivity contribution in [3.05, 3.63) is 70.5 Å². The maximum Gasteiger partial charge on any atom is 0.304 e. The number of carbonyl (C=O) groups excluding carboxylic acids is 2. The van der Waals surface area contributed by atoms with Crippen LogP contribution < -0.4 is 9.46 Å². The number of benzene rings is 2. The van der Waals surface area contributed by atoms with E-state index in [1.54, 1.807) is 24.1 Å². The first-order chi connectivity index (χ1) is 26.2. The van der Waals surface area contributed by atoms with Crippen LogP contribution in [-0.4, -0.2) is 114 Å². The smallest absolute Gasteiger partial charge is 0.304 e. The molecule has 9 rings (SSSR count). The number of ether oxygens (including phenoxy) is 2. The van der Waals surface area contributed by atoms with E-state index in [-0.39, 0.29) is 43.8 Å². The van der Waals surface area contributed by atoms with Crippen LogP contribution in [0.5, 0.6) is 5.75 Å². The number of aryl methyl sites for hydroxylation is 1. The van der Waals surface area contributed by atoms with Gasteiger partial charge in [0.1, 0.15) is 5.75 Å². The second kappa shape index (κ2) is 13.7. The number of allylic oxidation sites excluding steroid dienone is 1. The van der Waals surface area contributed by atoms with Gasteiger partial charge in [-0.1, -0.05) is 32.3 Å². The second-order valence-electron chi connectivity index (χ2n) is 15.2. The van der Waals surface area contributed by atoms with Crippen LogP contribution in [-0.2, 0) is 28.5 Å². The molecule has 5 aliphatic rings. The van der Waals surface area contributed by atoms with Crippen molar-refractivity contribution in [2.75, 3.05) is 53.0 Å². The van der Waals surface area contributed by atoms with Crippen LogP contribution in [0.25, 0.3) is 33.8 Å². The van der Waals surface area contributed by atoms with Gasteiger partial charge in [0.2, 0.25) is 0 Å². The van der Waals surface area contributed by atoms with Gasteiger partial charge in [-0.25, -0.2) is 4.72 Å². The molecule has 1 unspecified atom stereocenters. The fourth-order valence-electron chi connectivity index (χ4n) is 9.43. The van der Waals surface area contributed by atoms with E-state index in [0.29, 0.717) is 30.6 Å².